The van der Waals surface area contributed by atoms with E-state index in [0.717, 1.165) is 56.2 Å². The SMILES string of the molecule is COc1ccc(-n2ccnc2CN2CCCC(CCC(=O)Nc3ccccc3F)C2)cc1. The number of amides is 1. The first kappa shape index (κ1) is 22.0. The molecule has 1 fully saturated rings. The lowest BCUT2D eigenvalue weighted by molar-refractivity contribution is -0.116. The second-order valence-electron chi connectivity index (χ2n) is 8.22. The van der Waals surface area contributed by atoms with Crippen LogP contribution in [0.4, 0.5) is 10.1 Å². The number of benzene rings is 2. The minimum atomic E-state index is -0.406. The van der Waals surface area contributed by atoms with Crippen molar-refractivity contribution in [3.05, 3.63) is 72.6 Å². The van der Waals surface area contributed by atoms with Gasteiger partial charge in [-0.1, -0.05) is 12.1 Å². The van der Waals surface area contributed by atoms with E-state index < -0.39 is 5.82 Å². The molecular weight excluding hydrogens is 407 g/mol. The maximum absolute atomic E-state index is 13.7. The molecule has 2 heterocycles. The standard InChI is InChI=1S/C25H29FN4O2/c1-32-21-11-9-20(10-12-21)30-16-14-27-24(30)18-29-15-4-5-19(17-29)8-13-25(31)28-23-7-3-2-6-22(23)26/h2-3,6-7,9-12,14,16,19H,4-5,8,13,15,17-18H2,1H3,(H,28,31). The number of anilines is 1. The van der Waals surface area contributed by atoms with Crippen molar-refractivity contribution in [3.63, 3.8) is 0 Å². The van der Waals surface area contributed by atoms with Crippen LogP contribution in [0.3, 0.4) is 0 Å². The number of likely N-dealkylation sites (tertiary alicyclic amines) is 1. The molecule has 1 aliphatic heterocycles. The van der Waals surface area contributed by atoms with Crippen molar-refractivity contribution in [2.45, 2.75) is 32.2 Å². The summed E-state index contributed by atoms with van der Waals surface area (Å²) in [5.41, 5.74) is 1.30. The van der Waals surface area contributed by atoms with Crippen molar-refractivity contribution in [3.8, 4) is 11.4 Å². The fourth-order valence-electron chi connectivity index (χ4n) is 4.27. The van der Waals surface area contributed by atoms with Gasteiger partial charge in [0, 0.05) is 31.0 Å². The molecule has 1 aromatic heterocycles. The van der Waals surface area contributed by atoms with Crippen LogP contribution in [0.15, 0.2) is 60.9 Å². The number of carbonyl (C=O) groups excluding carboxylic acids is 1. The van der Waals surface area contributed by atoms with E-state index in [0.29, 0.717) is 12.3 Å². The number of methoxy groups -OCH3 is 1. The third-order valence-corrected chi connectivity index (χ3v) is 5.96. The van der Waals surface area contributed by atoms with Gasteiger partial charge in [0.2, 0.25) is 5.91 Å². The van der Waals surface area contributed by atoms with Crippen LogP contribution in [0.1, 0.15) is 31.5 Å². The zero-order valence-corrected chi connectivity index (χ0v) is 18.3. The highest BCUT2D eigenvalue weighted by molar-refractivity contribution is 5.90. The zero-order chi connectivity index (χ0) is 22.3. The van der Waals surface area contributed by atoms with Crippen molar-refractivity contribution in [2.24, 2.45) is 5.92 Å². The lowest BCUT2D eigenvalue weighted by Gasteiger charge is -2.32. The molecule has 1 saturated heterocycles. The van der Waals surface area contributed by atoms with E-state index in [4.69, 9.17) is 4.74 Å². The molecule has 0 saturated carbocycles. The Labute approximate surface area is 188 Å². The molecule has 6 nitrogen and oxygen atoms in total. The first-order valence-electron chi connectivity index (χ1n) is 11.1. The first-order valence-corrected chi connectivity index (χ1v) is 11.1. The highest BCUT2D eigenvalue weighted by Crippen LogP contribution is 2.24. The maximum atomic E-state index is 13.7. The Morgan fingerprint density at radius 1 is 1.22 bits per heavy atom. The minimum absolute atomic E-state index is 0.137. The molecule has 0 spiro atoms. The Balaban J connectivity index is 1.30. The van der Waals surface area contributed by atoms with Crippen LogP contribution in [0, 0.1) is 11.7 Å². The van der Waals surface area contributed by atoms with Gasteiger partial charge in [0.1, 0.15) is 17.4 Å². The topological polar surface area (TPSA) is 59.4 Å². The van der Waals surface area contributed by atoms with E-state index in [2.05, 4.69) is 19.8 Å². The van der Waals surface area contributed by atoms with E-state index in [9.17, 15) is 9.18 Å². The van der Waals surface area contributed by atoms with Gasteiger partial charge in [-0.15, -0.1) is 0 Å². The number of piperidine rings is 1. The molecular formula is C25H29FN4O2. The van der Waals surface area contributed by atoms with Gasteiger partial charge in [-0.2, -0.15) is 0 Å². The average molecular weight is 437 g/mol. The van der Waals surface area contributed by atoms with E-state index in [1.807, 2.05) is 36.7 Å². The van der Waals surface area contributed by atoms with E-state index in [1.165, 1.54) is 6.07 Å². The summed E-state index contributed by atoms with van der Waals surface area (Å²) in [5, 5.41) is 2.68. The number of carbonyl (C=O) groups is 1. The van der Waals surface area contributed by atoms with Crippen LogP contribution in [-0.4, -0.2) is 40.6 Å². The molecule has 32 heavy (non-hydrogen) atoms. The fourth-order valence-corrected chi connectivity index (χ4v) is 4.27. The smallest absolute Gasteiger partial charge is 0.224 e. The summed E-state index contributed by atoms with van der Waals surface area (Å²) in [6.07, 6.45) is 7.20. The largest absolute Gasteiger partial charge is 0.497 e. The highest BCUT2D eigenvalue weighted by atomic mass is 19.1. The normalized spacial score (nSPS) is 16.6. The average Bonchev–Trinajstić information content (AvgIpc) is 3.27. The third kappa shape index (κ3) is 5.53. The van der Waals surface area contributed by atoms with Crippen LogP contribution in [0.5, 0.6) is 5.75 Å². The van der Waals surface area contributed by atoms with Crippen molar-refractivity contribution in [1.82, 2.24) is 14.5 Å². The Hall–Kier alpha value is -3.19. The predicted octanol–water partition coefficient (Wildman–Crippen LogP) is 4.65. The van der Waals surface area contributed by atoms with Crippen LogP contribution in [0.2, 0.25) is 0 Å². The van der Waals surface area contributed by atoms with Crippen molar-refractivity contribution < 1.29 is 13.9 Å². The molecule has 1 atom stereocenters. The molecule has 4 rings (SSSR count). The number of ether oxygens (including phenoxy) is 1. The highest BCUT2D eigenvalue weighted by Gasteiger charge is 2.22. The summed E-state index contributed by atoms with van der Waals surface area (Å²) < 4.78 is 21.1. The molecule has 1 N–H and O–H groups in total. The number of nitrogens with one attached hydrogen (secondary N) is 1. The van der Waals surface area contributed by atoms with Gasteiger partial charge in [-0.05, 0) is 68.1 Å². The summed E-state index contributed by atoms with van der Waals surface area (Å²) in [6, 6.07) is 14.2. The minimum Gasteiger partial charge on any atom is -0.497 e. The Bertz CT molecular complexity index is 1030. The zero-order valence-electron chi connectivity index (χ0n) is 18.3. The summed E-state index contributed by atoms with van der Waals surface area (Å²) in [7, 11) is 1.66. The number of aromatic nitrogens is 2. The summed E-state index contributed by atoms with van der Waals surface area (Å²) in [4.78, 5) is 19.3. The molecule has 0 radical (unpaired) electrons. The molecule has 0 aliphatic carbocycles. The third-order valence-electron chi connectivity index (χ3n) is 5.96. The number of rotatable bonds is 8. The Morgan fingerprint density at radius 2 is 2.03 bits per heavy atom. The molecule has 1 amide bonds. The number of para-hydroxylation sites is 1. The second-order valence-corrected chi connectivity index (χ2v) is 8.22. The van der Waals surface area contributed by atoms with Gasteiger partial charge in [0.25, 0.3) is 0 Å². The monoisotopic (exact) mass is 436 g/mol. The number of nitrogens with zero attached hydrogens (tertiary/aromatic N) is 3. The number of hydrogen-bond acceptors (Lipinski definition) is 4. The van der Waals surface area contributed by atoms with Gasteiger partial charge >= 0.3 is 0 Å². The van der Waals surface area contributed by atoms with Gasteiger partial charge in [-0.25, -0.2) is 9.37 Å². The number of halogens is 1. The molecule has 2 aromatic carbocycles. The molecule has 1 aliphatic rings. The van der Waals surface area contributed by atoms with E-state index >= 15 is 0 Å². The van der Waals surface area contributed by atoms with Gasteiger partial charge < -0.3 is 14.6 Å². The maximum Gasteiger partial charge on any atom is 0.224 e. The Morgan fingerprint density at radius 3 is 2.81 bits per heavy atom. The summed E-state index contributed by atoms with van der Waals surface area (Å²) >= 11 is 0. The van der Waals surface area contributed by atoms with Crippen LogP contribution in [-0.2, 0) is 11.3 Å². The van der Waals surface area contributed by atoms with Crippen LogP contribution in [0.25, 0.3) is 5.69 Å². The Kier molecular flexibility index (Phi) is 7.17. The second kappa shape index (κ2) is 10.4. The quantitative estimate of drug-likeness (QED) is 0.558. The fraction of sp³-hybridized carbons (Fsp3) is 0.360. The molecule has 1 unspecified atom stereocenters. The lowest BCUT2D eigenvalue weighted by Crippen LogP contribution is -2.36. The first-order chi connectivity index (χ1) is 15.6. The van der Waals surface area contributed by atoms with Crippen molar-refractivity contribution in [1.29, 1.82) is 0 Å². The molecule has 0 bridgehead atoms. The van der Waals surface area contributed by atoms with E-state index in [-0.39, 0.29) is 11.6 Å². The predicted molar refractivity (Wildman–Crippen MR) is 122 cm³/mol. The number of imidazole rings is 1. The van der Waals surface area contributed by atoms with Crippen LogP contribution >= 0.6 is 0 Å². The van der Waals surface area contributed by atoms with Crippen LogP contribution < -0.4 is 10.1 Å². The van der Waals surface area contributed by atoms with Gasteiger partial charge in [0.15, 0.2) is 0 Å². The molecule has 7 heteroatoms. The molecule has 3 aromatic rings. The molecule has 168 valence electrons. The van der Waals surface area contributed by atoms with E-state index in [1.54, 1.807) is 25.3 Å². The summed E-state index contributed by atoms with van der Waals surface area (Å²) in [5.74, 6) is 1.72. The van der Waals surface area contributed by atoms with Crippen molar-refractivity contribution >= 4 is 11.6 Å². The summed E-state index contributed by atoms with van der Waals surface area (Å²) in [6.45, 7) is 2.72. The van der Waals surface area contributed by atoms with Crippen molar-refractivity contribution in [2.75, 3.05) is 25.5 Å². The lowest BCUT2D eigenvalue weighted by atomic mass is 9.93. The number of hydrogen-bond donors (Lipinski definition) is 1. The van der Waals surface area contributed by atoms with Gasteiger partial charge in [-0.3, -0.25) is 9.69 Å². The van der Waals surface area contributed by atoms with Gasteiger partial charge in [0.05, 0.1) is 19.3 Å².